The van der Waals surface area contributed by atoms with Crippen LogP contribution < -0.4 is 11.4 Å². The van der Waals surface area contributed by atoms with Gasteiger partial charge in [0, 0.05) is 6.04 Å². The molecule has 88 valence electrons. The van der Waals surface area contributed by atoms with E-state index in [0.717, 1.165) is 32.1 Å². The van der Waals surface area contributed by atoms with Gasteiger partial charge in [0.1, 0.15) is 5.82 Å². The van der Waals surface area contributed by atoms with Crippen LogP contribution >= 0.6 is 0 Å². The first kappa shape index (κ1) is 10.8. The normalized spacial score (nSPS) is 17.5. The molecule has 0 aliphatic heterocycles. The maximum absolute atomic E-state index is 11.6. The van der Waals surface area contributed by atoms with Crippen molar-refractivity contribution in [1.82, 2.24) is 9.55 Å². The molecule has 0 bridgehead atoms. The molecule has 0 radical (unpaired) electrons. The lowest BCUT2D eigenvalue weighted by Crippen LogP contribution is -2.27. The van der Waals surface area contributed by atoms with E-state index in [4.69, 9.17) is 10.8 Å². The number of hydrogen-bond donors (Lipinski definition) is 3. The summed E-state index contributed by atoms with van der Waals surface area (Å²) in [6.45, 7) is 0. The fraction of sp³-hybridized carbons (Fsp3) is 0.600. The zero-order valence-corrected chi connectivity index (χ0v) is 8.90. The van der Waals surface area contributed by atoms with Crippen molar-refractivity contribution in [3.63, 3.8) is 0 Å². The van der Waals surface area contributed by atoms with Gasteiger partial charge in [0.25, 0.3) is 0 Å². The Balaban J connectivity index is 2.45. The van der Waals surface area contributed by atoms with E-state index in [-0.39, 0.29) is 17.6 Å². The number of nitrogen functional groups attached to an aromatic ring is 1. The van der Waals surface area contributed by atoms with Crippen molar-refractivity contribution in [3.05, 3.63) is 16.2 Å². The van der Waals surface area contributed by atoms with Crippen LogP contribution in [0.2, 0.25) is 0 Å². The van der Waals surface area contributed by atoms with Gasteiger partial charge in [-0.05, 0) is 12.8 Å². The first-order valence-electron chi connectivity index (χ1n) is 5.44. The highest BCUT2D eigenvalue weighted by atomic mass is 16.4. The van der Waals surface area contributed by atoms with Crippen molar-refractivity contribution in [2.45, 2.75) is 38.1 Å². The number of H-pyrrole nitrogens is 1. The predicted octanol–water partition coefficient (Wildman–Crippen LogP) is 0.962. The van der Waals surface area contributed by atoms with Gasteiger partial charge in [0.15, 0.2) is 5.69 Å². The predicted molar refractivity (Wildman–Crippen MR) is 58.5 cm³/mol. The van der Waals surface area contributed by atoms with Crippen LogP contribution in [0.15, 0.2) is 4.79 Å². The third-order valence-corrected chi connectivity index (χ3v) is 3.10. The minimum Gasteiger partial charge on any atom is -0.476 e. The molecule has 1 aromatic rings. The zero-order valence-electron chi connectivity index (χ0n) is 8.90. The molecule has 1 heterocycles. The van der Waals surface area contributed by atoms with Gasteiger partial charge in [-0.1, -0.05) is 19.3 Å². The van der Waals surface area contributed by atoms with Crippen molar-refractivity contribution in [1.29, 1.82) is 0 Å². The lowest BCUT2D eigenvalue weighted by molar-refractivity contribution is 0.0681. The molecular weight excluding hydrogens is 210 g/mol. The van der Waals surface area contributed by atoms with E-state index >= 15 is 0 Å². The number of carboxylic acids is 1. The number of aromatic amines is 1. The Bertz CT molecular complexity index is 454. The second-order valence-corrected chi connectivity index (χ2v) is 4.16. The van der Waals surface area contributed by atoms with Crippen LogP contribution in [0.4, 0.5) is 5.82 Å². The summed E-state index contributed by atoms with van der Waals surface area (Å²) in [5.41, 5.74) is 4.98. The number of rotatable bonds is 2. The molecule has 6 heteroatoms. The van der Waals surface area contributed by atoms with E-state index in [1.54, 1.807) is 0 Å². The molecule has 0 amide bonds. The summed E-state index contributed by atoms with van der Waals surface area (Å²) in [6, 6.07) is -0.0269. The summed E-state index contributed by atoms with van der Waals surface area (Å²) >= 11 is 0. The van der Waals surface area contributed by atoms with Crippen molar-refractivity contribution < 1.29 is 9.90 Å². The van der Waals surface area contributed by atoms with Crippen LogP contribution in [0.3, 0.4) is 0 Å². The fourth-order valence-corrected chi connectivity index (χ4v) is 2.37. The molecule has 0 atom stereocenters. The van der Waals surface area contributed by atoms with Crippen molar-refractivity contribution in [3.8, 4) is 0 Å². The number of carbonyl (C=O) groups is 1. The van der Waals surface area contributed by atoms with Crippen LogP contribution in [-0.2, 0) is 0 Å². The smallest absolute Gasteiger partial charge is 0.356 e. The molecule has 1 fully saturated rings. The van der Waals surface area contributed by atoms with Crippen molar-refractivity contribution >= 4 is 11.8 Å². The summed E-state index contributed by atoms with van der Waals surface area (Å²) in [5, 5.41) is 9.03. The molecule has 1 aliphatic rings. The second-order valence-electron chi connectivity index (χ2n) is 4.16. The van der Waals surface area contributed by atoms with E-state index in [9.17, 15) is 9.59 Å². The van der Waals surface area contributed by atoms with Crippen molar-refractivity contribution in [2.75, 3.05) is 5.73 Å². The molecule has 1 aromatic heterocycles. The molecule has 0 unspecified atom stereocenters. The van der Waals surface area contributed by atoms with E-state index in [1.807, 2.05) is 0 Å². The largest absolute Gasteiger partial charge is 0.476 e. The standard InChI is InChI=1S/C10H15N3O3/c11-8-7(9(14)15)13(10(16)12-8)6-4-2-1-3-5-6/h6H,1-5,11H2,(H,12,16)(H,14,15). The third kappa shape index (κ3) is 1.70. The lowest BCUT2D eigenvalue weighted by atomic mass is 9.95. The Morgan fingerprint density at radius 1 is 1.38 bits per heavy atom. The van der Waals surface area contributed by atoms with Gasteiger partial charge < -0.3 is 10.8 Å². The Labute approximate surface area is 92.1 Å². The van der Waals surface area contributed by atoms with Gasteiger partial charge >= 0.3 is 11.7 Å². The van der Waals surface area contributed by atoms with Crippen LogP contribution in [0.5, 0.6) is 0 Å². The van der Waals surface area contributed by atoms with Gasteiger partial charge in [-0.3, -0.25) is 9.55 Å². The van der Waals surface area contributed by atoms with Crippen LogP contribution in [0.1, 0.15) is 48.6 Å². The minimum atomic E-state index is -1.15. The number of anilines is 1. The maximum atomic E-state index is 11.6. The second kappa shape index (κ2) is 4.03. The summed E-state index contributed by atoms with van der Waals surface area (Å²) in [7, 11) is 0. The van der Waals surface area contributed by atoms with E-state index in [1.165, 1.54) is 4.57 Å². The first-order valence-corrected chi connectivity index (χ1v) is 5.44. The summed E-state index contributed by atoms with van der Waals surface area (Å²) in [6.07, 6.45) is 4.89. The SMILES string of the molecule is Nc1[nH]c(=O)n(C2CCCCC2)c1C(=O)O. The summed E-state index contributed by atoms with van der Waals surface area (Å²) in [5.74, 6) is -1.20. The average Bonchev–Trinajstić information content (AvgIpc) is 2.55. The Hall–Kier alpha value is -1.72. The molecule has 1 saturated carbocycles. The maximum Gasteiger partial charge on any atom is 0.356 e. The number of aromatic nitrogens is 2. The summed E-state index contributed by atoms with van der Waals surface area (Å²) in [4.78, 5) is 25.0. The van der Waals surface area contributed by atoms with Crippen LogP contribution in [0, 0.1) is 0 Å². The quantitative estimate of drug-likeness (QED) is 0.697. The van der Waals surface area contributed by atoms with Gasteiger partial charge in [-0.2, -0.15) is 0 Å². The van der Waals surface area contributed by atoms with Crippen molar-refractivity contribution in [2.24, 2.45) is 0 Å². The number of nitrogens with one attached hydrogen (secondary N) is 1. The van der Waals surface area contributed by atoms with Gasteiger partial charge in [-0.25, -0.2) is 9.59 Å². The van der Waals surface area contributed by atoms with Crippen LogP contribution in [0.25, 0.3) is 0 Å². The van der Waals surface area contributed by atoms with E-state index in [2.05, 4.69) is 4.98 Å². The van der Waals surface area contributed by atoms with E-state index < -0.39 is 11.7 Å². The number of imidazole rings is 1. The molecule has 6 nitrogen and oxygen atoms in total. The average molecular weight is 225 g/mol. The fourth-order valence-electron chi connectivity index (χ4n) is 2.37. The van der Waals surface area contributed by atoms with Gasteiger partial charge in [0.2, 0.25) is 0 Å². The topological polar surface area (TPSA) is 101 Å². The molecule has 2 rings (SSSR count). The molecule has 4 N–H and O–H groups in total. The highest BCUT2D eigenvalue weighted by Crippen LogP contribution is 2.28. The number of aromatic carboxylic acids is 1. The van der Waals surface area contributed by atoms with Gasteiger partial charge in [0.05, 0.1) is 0 Å². The molecular formula is C10H15N3O3. The van der Waals surface area contributed by atoms with Gasteiger partial charge in [-0.15, -0.1) is 0 Å². The molecule has 0 spiro atoms. The first-order chi connectivity index (χ1) is 7.61. The Morgan fingerprint density at radius 3 is 2.56 bits per heavy atom. The zero-order chi connectivity index (χ0) is 11.7. The molecule has 0 aromatic carbocycles. The highest BCUT2D eigenvalue weighted by Gasteiger charge is 2.25. The highest BCUT2D eigenvalue weighted by molar-refractivity contribution is 5.90. The molecule has 0 saturated heterocycles. The third-order valence-electron chi connectivity index (χ3n) is 3.10. The lowest BCUT2D eigenvalue weighted by Gasteiger charge is -2.23. The number of nitrogens with zero attached hydrogens (tertiary/aromatic N) is 1. The number of nitrogens with two attached hydrogens (primary N) is 1. The van der Waals surface area contributed by atoms with E-state index in [0.29, 0.717) is 0 Å². The number of carboxylic acid groups (broad SMARTS) is 1. The Morgan fingerprint density at radius 2 is 2.00 bits per heavy atom. The minimum absolute atomic E-state index is 0.0269. The Kier molecular flexibility index (Phi) is 2.72. The summed E-state index contributed by atoms with van der Waals surface area (Å²) < 4.78 is 1.30. The number of hydrogen-bond acceptors (Lipinski definition) is 3. The molecule has 16 heavy (non-hydrogen) atoms. The van der Waals surface area contributed by atoms with Crippen LogP contribution in [-0.4, -0.2) is 20.6 Å². The monoisotopic (exact) mass is 225 g/mol. The molecule has 1 aliphatic carbocycles.